The van der Waals surface area contributed by atoms with Gasteiger partial charge in [-0.1, -0.05) is 267 Å². The zero-order chi connectivity index (χ0) is 59.2. The largest absolute Gasteiger partial charge is 4.00 e. The van der Waals surface area contributed by atoms with Crippen molar-refractivity contribution in [3.05, 3.63) is 117 Å². The number of hydrogen-bond acceptors (Lipinski definition) is 8. The normalized spacial score (nSPS) is 13.2. The zero-order valence-corrected chi connectivity index (χ0v) is 57.6. The molecule has 0 atom stereocenters. The van der Waals surface area contributed by atoms with Crippen LogP contribution < -0.4 is 20.4 Å². The molecule has 0 saturated heterocycles. The molecule has 9 heteroatoms. The van der Waals surface area contributed by atoms with Gasteiger partial charge in [0.15, 0.2) is 0 Å². The molecule has 0 aliphatic rings. The summed E-state index contributed by atoms with van der Waals surface area (Å²) in [7, 11) is 0. The number of hydrogen-bond donors (Lipinski definition) is 0. The first-order valence-corrected chi connectivity index (χ1v) is 28.1. The molecule has 0 aromatic heterocycles. The van der Waals surface area contributed by atoms with Gasteiger partial charge in [0.2, 0.25) is 0 Å². The van der Waals surface area contributed by atoms with E-state index in [0.717, 1.165) is 67.3 Å². The van der Waals surface area contributed by atoms with Crippen molar-refractivity contribution in [2.24, 2.45) is 41.6 Å². The van der Waals surface area contributed by atoms with E-state index < -0.39 is 21.7 Å². The van der Waals surface area contributed by atoms with Gasteiger partial charge in [-0.15, -0.1) is 0 Å². The smallest absolute Gasteiger partial charge is 0.861 e. The molecule has 0 spiro atoms. The SMILES string of the molecule is CC(C)c1cccc(C(C)C)c1N=C([O-])C(C)(C)C.CC(C)c1cccc(C(C)C)c1N=C([O-])C(C)(C)C.CC(C)c1cccc(C(C)C)c1N=C([O-])C(C)(C)C.CC(C)c1cccc(C(C)C)c1N=C([O-])C(C)(C)C.[U+4]. The minimum atomic E-state index is -0.432. The molecule has 0 unspecified atom stereocenters. The fourth-order valence-corrected chi connectivity index (χ4v) is 7.64. The topological polar surface area (TPSA) is 142 Å². The minimum Gasteiger partial charge on any atom is -0.861 e. The van der Waals surface area contributed by atoms with Gasteiger partial charge in [-0.25, -0.2) is 0 Å². The second-order valence-corrected chi connectivity index (χ2v) is 27.0. The molecule has 0 radical (unpaired) electrons. The van der Waals surface area contributed by atoms with Crippen molar-refractivity contribution >= 4 is 46.3 Å². The van der Waals surface area contributed by atoms with Gasteiger partial charge in [0.25, 0.3) is 0 Å². The molecule has 4 aromatic carbocycles. The van der Waals surface area contributed by atoms with E-state index in [4.69, 9.17) is 0 Å². The fraction of sp³-hybridized carbons (Fsp3) is 0.588. The Labute approximate surface area is 494 Å². The van der Waals surface area contributed by atoms with Crippen LogP contribution in [-0.4, -0.2) is 23.6 Å². The van der Waals surface area contributed by atoms with E-state index >= 15 is 0 Å². The molecule has 0 aliphatic carbocycles. The predicted molar refractivity (Wildman–Crippen MR) is 325 cm³/mol. The first-order valence-electron chi connectivity index (χ1n) is 28.1. The van der Waals surface area contributed by atoms with Crippen LogP contribution in [0.1, 0.15) is 286 Å². The monoisotopic (exact) mass is 1280 g/mol. The first kappa shape index (κ1) is 72.8. The van der Waals surface area contributed by atoms with Crippen LogP contribution in [0.5, 0.6) is 0 Å². The number of aliphatic imine (C=N–C) groups is 4. The molecule has 0 saturated carbocycles. The third-order valence-electron chi connectivity index (χ3n) is 12.8. The molecule has 77 heavy (non-hydrogen) atoms. The molecule has 0 aliphatic heterocycles. The van der Waals surface area contributed by atoms with Gasteiger partial charge in [-0.05, 0) is 137 Å². The van der Waals surface area contributed by atoms with Crippen LogP contribution >= 0.6 is 0 Å². The summed E-state index contributed by atoms with van der Waals surface area (Å²) in [6.45, 7) is 57.1. The van der Waals surface area contributed by atoms with Crippen LogP contribution in [0, 0.1) is 52.8 Å². The van der Waals surface area contributed by atoms with E-state index in [9.17, 15) is 20.4 Å². The molecule has 0 fully saturated rings. The molecule has 8 nitrogen and oxygen atoms in total. The van der Waals surface area contributed by atoms with E-state index in [1.54, 1.807) is 0 Å². The van der Waals surface area contributed by atoms with Crippen molar-refractivity contribution in [1.29, 1.82) is 0 Å². The Hall–Kier alpha value is -4.19. The molecule has 4 aromatic rings. The second-order valence-electron chi connectivity index (χ2n) is 27.0. The van der Waals surface area contributed by atoms with Gasteiger partial charge < -0.3 is 20.4 Å². The van der Waals surface area contributed by atoms with E-state index in [1.807, 2.05) is 83.1 Å². The van der Waals surface area contributed by atoms with Crippen molar-refractivity contribution in [2.45, 2.75) is 241 Å². The fourth-order valence-electron chi connectivity index (χ4n) is 7.64. The second kappa shape index (κ2) is 31.0. The maximum atomic E-state index is 12.2. The van der Waals surface area contributed by atoms with Crippen LogP contribution in [0.4, 0.5) is 22.7 Å². The molecule has 0 amide bonds. The number of nitrogens with zero attached hydrogens (tertiary/aromatic N) is 4. The first-order chi connectivity index (χ1) is 34.6. The Morgan fingerprint density at radius 2 is 0.364 bits per heavy atom. The van der Waals surface area contributed by atoms with E-state index in [1.165, 1.54) is 0 Å². The minimum absolute atomic E-state index is 0. The van der Waals surface area contributed by atoms with Gasteiger partial charge in [0.1, 0.15) is 0 Å². The average Bonchev–Trinajstić information content (AvgIpc) is 3.27. The molecule has 0 bridgehead atoms. The number of para-hydroxylation sites is 4. The third kappa shape index (κ3) is 22.8. The Bertz CT molecular complexity index is 2120. The molecule has 0 heterocycles. The Morgan fingerprint density at radius 1 is 0.260 bits per heavy atom. The van der Waals surface area contributed by atoms with Crippen molar-refractivity contribution < 1.29 is 51.5 Å². The van der Waals surface area contributed by atoms with E-state index in [-0.39, 0.29) is 54.7 Å². The van der Waals surface area contributed by atoms with Crippen molar-refractivity contribution in [3.8, 4) is 0 Å². The number of rotatable bonds is 12. The van der Waals surface area contributed by atoms with Crippen molar-refractivity contribution in [1.82, 2.24) is 0 Å². The molecule has 0 N–H and O–H groups in total. The summed E-state index contributed by atoms with van der Waals surface area (Å²) in [5, 5.41) is 48.9. The standard InChI is InChI=1S/4C17H27NO.U/c4*1-11(2)13-9-8-10-14(12(3)4)15(13)18-16(19)17(5,6)7;/h4*8-12H,1-7H3,(H,18,19);/q;;;;+4/p-4. The summed E-state index contributed by atoms with van der Waals surface area (Å²) < 4.78 is 0. The van der Waals surface area contributed by atoms with Gasteiger partial charge in [0, 0.05) is 0 Å². The summed E-state index contributed by atoms with van der Waals surface area (Å²) in [6.07, 6.45) is 0. The van der Waals surface area contributed by atoms with Crippen molar-refractivity contribution in [3.63, 3.8) is 0 Å². The average molecular weight is 1280 g/mol. The molecule has 424 valence electrons. The summed E-state index contributed by atoms with van der Waals surface area (Å²) in [5.41, 5.74) is 11.0. The molecular formula is C68H104N4O4U. The van der Waals surface area contributed by atoms with Crippen molar-refractivity contribution in [2.75, 3.05) is 0 Å². The van der Waals surface area contributed by atoms with Gasteiger partial charge in [-0.2, -0.15) is 0 Å². The summed E-state index contributed by atoms with van der Waals surface area (Å²) >= 11 is 0. The quantitative estimate of drug-likeness (QED) is 0.103. The van der Waals surface area contributed by atoms with Crippen LogP contribution in [-0.2, 0) is 0 Å². The predicted octanol–water partition coefficient (Wildman–Crippen LogP) is 17.5. The third-order valence-corrected chi connectivity index (χ3v) is 12.8. The summed E-state index contributed by atoms with van der Waals surface area (Å²) in [5.74, 6) is 2.71. The van der Waals surface area contributed by atoms with Crippen LogP contribution in [0.2, 0.25) is 0 Å². The summed E-state index contributed by atoms with van der Waals surface area (Å²) in [6, 6.07) is 24.8. The van der Waals surface area contributed by atoms with E-state index in [2.05, 4.69) is 204 Å². The molecule has 4 rings (SSSR count). The van der Waals surface area contributed by atoms with Crippen LogP contribution in [0.15, 0.2) is 92.8 Å². The Balaban J connectivity index is 0.000000996. The Morgan fingerprint density at radius 3 is 0.442 bits per heavy atom. The maximum Gasteiger partial charge on any atom is 4.00 e. The summed E-state index contributed by atoms with van der Waals surface area (Å²) in [4.78, 5) is 17.7. The van der Waals surface area contributed by atoms with Crippen LogP contribution in [0.25, 0.3) is 0 Å². The van der Waals surface area contributed by atoms with Crippen LogP contribution in [0.3, 0.4) is 0 Å². The maximum absolute atomic E-state index is 12.2. The van der Waals surface area contributed by atoms with E-state index in [0.29, 0.717) is 47.3 Å². The molecular weight excluding hydrogens is 1170 g/mol. The zero-order valence-electron chi connectivity index (χ0n) is 53.5. The van der Waals surface area contributed by atoms with Gasteiger partial charge in [0.05, 0.1) is 22.7 Å². The number of benzene rings is 4. The van der Waals surface area contributed by atoms with Gasteiger partial charge in [-0.3, -0.25) is 20.0 Å². The van der Waals surface area contributed by atoms with Gasteiger partial charge >= 0.3 is 31.1 Å². The Kier molecular flexibility index (Phi) is 29.3.